The number of hydrogen-bond acceptors (Lipinski definition) is 8. The minimum atomic E-state index is -4.46. The van der Waals surface area contributed by atoms with Crippen LogP contribution in [0, 0.1) is 0 Å². The van der Waals surface area contributed by atoms with Gasteiger partial charge in [0.15, 0.2) is 14.9 Å². The van der Waals surface area contributed by atoms with Gasteiger partial charge in [0.2, 0.25) is 0 Å². The van der Waals surface area contributed by atoms with Gasteiger partial charge in [0, 0.05) is 41.0 Å². The van der Waals surface area contributed by atoms with E-state index in [0.717, 1.165) is 30.5 Å². The van der Waals surface area contributed by atoms with Gasteiger partial charge in [-0.3, -0.25) is 4.90 Å². The van der Waals surface area contributed by atoms with Crippen molar-refractivity contribution in [3.8, 4) is 5.75 Å². The van der Waals surface area contributed by atoms with Crippen molar-refractivity contribution in [3.63, 3.8) is 0 Å². The Morgan fingerprint density at radius 3 is 2.16 bits per heavy atom. The molecule has 32 heavy (non-hydrogen) atoms. The standard InChI is InChI=1S/C19H19ClN2O7S3/c1-21-9-10-29-18-8-7-17-15(16(18)12-21)11-19(31(20,25)26)22(17)32(27,28)14-5-3-13(4-6-14)30(2,23)24/h3-8,11H,9-10,12H2,1-2H3. The number of ether oxygens (including phenoxy) is 1. The van der Waals surface area contributed by atoms with E-state index < -0.39 is 33.9 Å². The summed E-state index contributed by atoms with van der Waals surface area (Å²) in [6, 6.07) is 8.81. The zero-order chi connectivity index (χ0) is 23.5. The molecule has 1 aliphatic heterocycles. The third-order valence-electron chi connectivity index (χ3n) is 5.18. The number of fused-ring (bicyclic) bond motifs is 3. The highest BCUT2D eigenvalue weighted by atomic mass is 35.7. The van der Waals surface area contributed by atoms with Crippen molar-refractivity contribution < 1.29 is 30.0 Å². The summed E-state index contributed by atoms with van der Waals surface area (Å²) in [7, 11) is -4.95. The molecule has 0 N–H and O–H groups in total. The quantitative estimate of drug-likeness (QED) is 0.481. The largest absolute Gasteiger partial charge is 0.492 e. The Morgan fingerprint density at radius 2 is 1.56 bits per heavy atom. The van der Waals surface area contributed by atoms with Gasteiger partial charge >= 0.3 is 0 Å². The smallest absolute Gasteiger partial charge is 0.277 e. The molecule has 0 unspecified atom stereocenters. The first-order valence-electron chi connectivity index (χ1n) is 9.29. The van der Waals surface area contributed by atoms with Crippen LogP contribution in [0.2, 0.25) is 0 Å². The molecule has 0 aliphatic carbocycles. The molecule has 0 spiro atoms. The molecule has 2 aromatic carbocycles. The maximum atomic E-state index is 13.5. The Kier molecular flexibility index (Phi) is 5.57. The van der Waals surface area contributed by atoms with Crippen LogP contribution in [0.5, 0.6) is 5.75 Å². The Labute approximate surface area is 190 Å². The average molecular weight is 519 g/mol. The first kappa shape index (κ1) is 23.1. The number of halogens is 1. The van der Waals surface area contributed by atoms with Gasteiger partial charge in [0.1, 0.15) is 12.4 Å². The minimum Gasteiger partial charge on any atom is -0.492 e. The minimum absolute atomic E-state index is 0.0653. The third-order valence-corrected chi connectivity index (χ3v) is 9.44. The number of rotatable bonds is 4. The number of nitrogens with zero attached hydrogens (tertiary/aromatic N) is 2. The average Bonchev–Trinajstić information content (AvgIpc) is 3.00. The van der Waals surface area contributed by atoms with E-state index in [4.69, 9.17) is 15.4 Å². The first-order valence-corrected chi connectivity index (χ1v) is 14.9. The number of hydrogen-bond donors (Lipinski definition) is 0. The fourth-order valence-electron chi connectivity index (χ4n) is 3.61. The van der Waals surface area contributed by atoms with Gasteiger partial charge in [-0.1, -0.05) is 0 Å². The molecule has 1 aliphatic rings. The first-order chi connectivity index (χ1) is 14.8. The summed E-state index contributed by atoms with van der Waals surface area (Å²) >= 11 is 0. The second-order valence-corrected chi connectivity index (χ2v) is 13.8. The molecule has 1 aromatic heterocycles. The van der Waals surface area contributed by atoms with Crippen molar-refractivity contribution in [2.24, 2.45) is 0 Å². The van der Waals surface area contributed by atoms with Crippen LogP contribution in [0.3, 0.4) is 0 Å². The van der Waals surface area contributed by atoms with Crippen LogP contribution in [-0.4, -0.2) is 60.6 Å². The Morgan fingerprint density at radius 1 is 0.938 bits per heavy atom. The highest BCUT2D eigenvalue weighted by Crippen LogP contribution is 2.37. The number of benzene rings is 2. The van der Waals surface area contributed by atoms with E-state index in [1.165, 1.54) is 12.1 Å². The van der Waals surface area contributed by atoms with E-state index in [1.807, 2.05) is 11.9 Å². The summed E-state index contributed by atoms with van der Waals surface area (Å²) in [5, 5.41) is -0.228. The molecule has 4 rings (SSSR count). The summed E-state index contributed by atoms with van der Waals surface area (Å²) in [4.78, 5) is 1.62. The van der Waals surface area contributed by atoms with E-state index in [1.54, 1.807) is 6.07 Å². The van der Waals surface area contributed by atoms with Gasteiger partial charge in [0.25, 0.3) is 19.1 Å². The van der Waals surface area contributed by atoms with Crippen LogP contribution in [0.4, 0.5) is 0 Å². The van der Waals surface area contributed by atoms with E-state index in [2.05, 4.69) is 0 Å². The molecule has 0 fully saturated rings. The van der Waals surface area contributed by atoms with E-state index in [0.29, 0.717) is 40.4 Å². The van der Waals surface area contributed by atoms with Crippen molar-refractivity contribution in [2.45, 2.75) is 21.4 Å². The maximum absolute atomic E-state index is 13.5. The summed E-state index contributed by atoms with van der Waals surface area (Å²) in [6.45, 7) is 1.49. The fraction of sp³-hybridized carbons (Fsp3) is 0.263. The molecule has 3 aromatic rings. The van der Waals surface area contributed by atoms with E-state index in [9.17, 15) is 25.3 Å². The van der Waals surface area contributed by atoms with Gasteiger partial charge in [-0.25, -0.2) is 29.2 Å². The molecular formula is C19H19ClN2O7S3. The highest BCUT2D eigenvalue weighted by Gasteiger charge is 2.31. The van der Waals surface area contributed by atoms with Gasteiger partial charge in [0.05, 0.1) is 15.3 Å². The van der Waals surface area contributed by atoms with Crippen molar-refractivity contribution in [1.29, 1.82) is 0 Å². The molecule has 2 heterocycles. The van der Waals surface area contributed by atoms with Gasteiger partial charge < -0.3 is 4.74 Å². The zero-order valence-corrected chi connectivity index (χ0v) is 20.2. The van der Waals surface area contributed by atoms with Crippen molar-refractivity contribution in [2.75, 3.05) is 26.5 Å². The van der Waals surface area contributed by atoms with Crippen LogP contribution in [0.1, 0.15) is 5.56 Å². The number of sulfone groups is 1. The zero-order valence-electron chi connectivity index (χ0n) is 17.0. The van der Waals surface area contributed by atoms with Crippen LogP contribution < -0.4 is 4.74 Å². The highest BCUT2D eigenvalue weighted by molar-refractivity contribution is 8.14. The Bertz CT molecular complexity index is 1540. The van der Waals surface area contributed by atoms with Crippen molar-refractivity contribution >= 4 is 50.5 Å². The van der Waals surface area contributed by atoms with Gasteiger partial charge in [-0.05, 0) is 49.5 Å². The number of likely N-dealkylation sites (N-methyl/N-ethyl adjacent to an activating group) is 1. The molecule has 9 nitrogen and oxygen atoms in total. The van der Waals surface area contributed by atoms with Crippen molar-refractivity contribution in [1.82, 2.24) is 8.87 Å². The van der Waals surface area contributed by atoms with Crippen LogP contribution in [0.25, 0.3) is 10.9 Å². The lowest BCUT2D eigenvalue weighted by Gasteiger charge is -2.13. The topological polar surface area (TPSA) is 120 Å². The van der Waals surface area contributed by atoms with E-state index in [-0.39, 0.29) is 15.3 Å². The molecule has 0 radical (unpaired) electrons. The van der Waals surface area contributed by atoms with Gasteiger partial charge in [-0.2, -0.15) is 0 Å². The fourth-order valence-corrected chi connectivity index (χ4v) is 7.25. The summed E-state index contributed by atoms with van der Waals surface area (Å²) in [5.41, 5.74) is 0.763. The predicted octanol–water partition coefficient (Wildman–Crippen LogP) is 2.03. The molecule has 0 saturated carbocycles. The van der Waals surface area contributed by atoms with Crippen LogP contribution in [0.15, 0.2) is 57.3 Å². The van der Waals surface area contributed by atoms with Crippen LogP contribution >= 0.6 is 10.7 Å². The van der Waals surface area contributed by atoms with Crippen LogP contribution in [-0.2, 0) is 35.5 Å². The second kappa shape index (κ2) is 7.73. The monoisotopic (exact) mass is 518 g/mol. The molecule has 0 saturated heterocycles. The lowest BCUT2D eigenvalue weighted by molar-refractivity contribution is 0.259. The summed E-state index contributed by atoms with van der Waals surface area (Å²) in [6.07, 6.45) is 0.999. The van der Waals surface area contributed by atoms with Crippen molar-refractivity contribution in [3.05, 3.63) is 48.0 Å². The van der Waals surface area contributed by atoms with E-state index >= 15 is 0 Å². The third kappa shape index (κ3) is 4.01. The molecule has 172 valence electrons. The molecular weight excluding hydrogens is 500 g/mol. The summed E-state index contributed by atoms with van der Waals surface area (Å²) in [5.74, 6) is 0.535. The predicted molar refractivity (Wildman–Crippen MR) is 119 cm³/mol. The lowest BCUT2D eigenvalue weighted by Crippen LogP contribution is -2.20. The lowest BCUT2D eigenvalue weighted by atomic mass is 10.1. The molecule has 13 heteroatoms. The van der Waals surface area contributed by atoms with Gasteiger partial charge in [-0.15, -0.1) is 0 Å². The molecule has 0 atom stereocenters. The maximum Gasteiger partial charge on any atom is 0.277 e. The Hall–Kier alpha value is -2.12. The second-order valence-electron chi connectivity index (χ2n) is 7.49. The SMILES string of the molecule is CN1CCOc2ccc3c(cc(S(=O)(=O)Cl)n3S(=O)(=O)c3ccc(S(C)(=O)=O)cc3)c2C1. The summed E-state index contributed by atoms with van der Waals surface area (Å²) < 4.78 is 81.5. The normalized spacial score (nSPS) is 15.8. The Balaban J connectivity index is 2.01. The number of aromatic nitrogens is 1. The molecule has 0 amide bonds. The molecule has 0 bridgehead atoms.